The van der Waals surface area contributed by atoms with Gasteiger partial charge >= 0.3 is 0 Å². The number of amides is 1. The number of rotatable bonds is 3. The van der Waals surface area contributed by atoms with Crippen LogP contribution in [0.15, 0.2) is 24.8 Å². The maximum Gasteiger partial charge on any atom is 0.227 e. The van der Waals surface area contributed by atoms with Crippen molar-refractivity contribution in [1.82, 2.24) is 34.8 Å². The third-order valence-corrected chi connectivity index (χ3v) is 5.20. The molecule has 1 atom stereocenters. The van der Waals surface area contributed by atoms with Gasteiger partial charge in [0.25, 0.3) is 0 Å². The van der Waals surface area contributed by atoms with Crippen LogP contribution < -0.4 is 4.90 Å². The molecule has 0 spiro atoms. The Balaban J connectivity index is 1.41. The molecule has 4 heterocycles. The highest BCUT2D eigenvalue weighted by atomic mass is 16.2. The molecular formula is C17H24N8O. The van der Waals surface area contributed by atoms with Gasteiger partial charge in [0.15, 0.2) is 11.6 Å². The minimum Gasteiger partial charge on any atom is -0.354 e. The topological polar surface area (TPSA) is 83.3 Å². The number of carbonyl (C=O) groups excluding carboxylic acids is 1. The van der Waals surface area contributed by atoms with Crippen molar-refractivity contribution in [2.24, 2.45) is 5.92 Å². The van der Waals surface area contributed by atoms with Crippen LogP contribution in [0.4, 0.5) is 5.82 Å². The van der Waals surface area contributed by atoms with E-state index in [0.29, 0.717) is 12.4 Å². The molecule has 26 heavy (non-hydrogen) atoms. The van der Waals surface area contributed by atoms with Crippen molar-refractivity contribution in [3.63, 3.8) is 0 Å². The van der Waals surface area contributed by atoms with Crippen LogP contribution in [0.25, 0.3) is 5.82 Å². The first-order valence-electron chi connectivity index (χ1n) is 9.12. The molecule has 0 aliphatic carbocycles. The molecule has 9 nitrogen and oxygen atoms in total. The molecule has 1 unspecified atom stereocenters. The molecule has 9 heteroatoms. The Hall–Kier alpha value is -2.55. The highest BCUT2D eigenvalue weighted by molar-refractivity contribution is 5.80. The molecule has 2 aliphatic heterocycles. The number of anilines is 1. The quantitative estimate of drug-likeness (QED) is 0.768. The van der Waals surface area contributed by atoms with Crippen LogP contribution in [0, 0.1) is 5.92 Å². The summed E-state index contributed by atoms with van der Waals surface area (Å²) in [5.41, 5.74) is 0. The van der Waals surface area contributed by atoms with Crippen LogP contribution >= 0.6 is 0 Å². The second kappa shape index (κ2) is 7.36. The number of hydrogen-bond donors (Lipinski definition) is 0. The van der Waals surface area contributed by atoms with Crippen LogP contribution in [0.3, 0.4) is 0 Å². The molecule has 2 aromatic heterocycles. The van der Waals surface area contributed by atoms with Gasteiger partial charge in [0.1, 0.15) is 12.7 Å². The molecule has 2 fully saturated rings. The van der Waals surface area contributed by atoms with Gasteiger partial charge in [-0.05, 0) is 32.0 Å². The lowest BCUT2D eigenvalue weighted by molar-refractivity contribution is -0.137. The smallest absolute Gasteiger partial charge is 0.227 e. The molecule has 0 N–H and O–H groups in total. The molecule has 4 rings (SSSR count). The van der Waals surface area contributed by atoms with Crippen LogP contribution in [-0.2, 0) is 4.79 Å². The van der Waals surface area contributed by atoms with Gasteiger partial charge in [-0.3, -0.25) is 4.79 Å². The van der Waals surface area contributed by atoms with Crippen molar-refractivity contribution in [1.29, 1.82) is 0 Å². The first kappa shape index (κ1) is 16.9. The highest BCUT2D eigenvalue weighted by Gasteiger charge is 2.31. The average Bonchev–Trinajstić information content (AvgIpc) is 3.23. The number of aromatic nitrogens is 5. The highest BCUT2D eigenvalue weighted by Crippen LogP contribution is 2.23. The van der Waals surface area contributed by atoms with Gasteiger partial charge in [0.05, 0.1) is 5.92 Å². The molecule has 2 saturated heterocycles. The van der Waals surface area contributed by atoms with Crippen molar-refractivity contribution in [3.8, 4) is 5.82 Å². The number of piperidine rings is 1. The zero-order chi connectivity index (χ0) is 17.9. The van der Waals surface area contributed by atoms with E-state index in [2.05, 4.69) is 37.1 Å². The zero-order valence-electron chi connectivity index (χ0n) is 15.0. The van der Waals surface area contributed by atoms with Crippen molar-refractivity contribution < 1.29 is 4.79 Å². The fourth-order valence-corrected chi connectivity index (χ4v) is 3.61. The molecule has 1 amide bonds. The summed E-state index contributed by atoms with van der Waals surface area (Å²) in [6.45, 7) is 5.19. The summed E-state index contributed by atoms with van der Waals surface area (Å²) in [6, 6.07) is 3.82. The van der Waals surface area contributed by atoms with E-state index in [1.807, 2.05) is 17.0 Å². The van der Waals surface area contributed by atoms with Gasteiger partial charge in [0.2, 0.25) is 5.91 Å². The third kappa shape index (κ3) is 3.52. The summed E-state index contributed by atoms with van der Waals surface area (Å²) in [5, 5.41) is 12.6. The van der Waals surface area contributed by atoms with Gasteiger partial charge in [-0.25, -0.2) is 9.67 Å². The van der Waals surface area contributed by atoms with Crippen molar-refractivity contribution in [2.45, 2.75) is 12.8 Å². The number of piperazine rings is 1. The van der Waals surface area contributed by atoms with Gasteiger partial charge < -0.3 is 14.7 Å². The Kier molecular flexibility index (Phi) is 4.79. The summed E-state index contributed by atoms with van der Waals surface area (Å²) in [7, 11) is 2.10. The van der Waals surface area contributed by atoms with Crippen LogP contribution in [0.1, 0.15) is 12.8 Å². The van der Waals surface area contributed by atoms with Crippen LogP contribution in [-0.4, -0.2) is 87.0 Å². The van der Waals surface area contributed by atoms with E-state index >= 15 is 0 Å². The Morgan fingerprint density at radius 1 is 1.08 bits per heavy atom. The van der Waals surface area contributed by atoms with Gasteiger partial charge in [0, 0.05) is 39.3 Å². The Labute approximate surface area is 152 Å². The second-order valence-corrected chi connectivity index (χ2v) is 7.00. The van der Waals surface area contributed by atoms with Gasteiger partial charge in [-0.2, -0.15) is 5.10 Å². The summed E-state index contributed by atoms with van der Waals surface area (Å²) in [6.07, 6.45) is 5.01. The van der Waals surface area contributed by atoms with E-state index in [1.165, 1.54) is 6.33 Å². The Morgan fingerprint density at radius 2 is 1.85 bits per heavy atom. The lowest BCUT2D eigenvalue weighted by Crippen LogP contribution is -2.51. The molecule has 0 bridgehead atoms. The molecule has 138 valence electrons. The average molecular weight is 356 g/mol. The molecule has 0 aromatic carbocycles. The SMILES string of the molecule is CN1CCN(C(=O)C2CCCN(c3ccc(-n4cncn4)nn3)C2)CC1. The largest absolute Gasteiger partial charge is 0.354 e. The summed E-state index contributed by atoms with van der Waals surface area (Å²) >= 11 is 0. The predicted molar refractivity (Wildman–Crippen MR) is 96.0 cm³/mol. The van der Waals surface area contributed by atoms with E-state index < -0.39 is 0 Å². The number of nitrogens with zero attached hydrogens (tertiary/aromatic N) is 8. The van der Waals surface area contributed by atoms with Crippen molar-refractivity contribution in [3.05, 3.63) is 24.8 Å². The van der Waals surface area contributed by atoms with E-state index in [4.69, 9.17) is 0 Å². The van der Waals surface area contributed by atoms with E-state index in [1.54, 1.807) is 11.0 Å². The maximum atomic E-state index is 12.9. The monoisotopic (exact) mass is 356 g/mol. The molecular weight excluding hydrogens is 332 g/mol. The summed E-state index contributed by atoms with van der Waals surface area (Å²) in [4.78, 5) is 23.2. The summed E-state index contributed by atoms with van der Waals surface area (Å²) in [5.74, 6) is 1.78. The molecule has 2 aromatic rings. The minimum atomic E-state index is 0.0453. The maximum absolute atomic E-state index is 12.9. The molecule has 2 aliphatic rings. The first-order valence-corrected chi connectivity index (χ1v) is 9.12. The fourth-order valence-electron chi connectivity index (χ4n) is 3.61. The van der Waals surface area contributed by atoms with E-state index in [0.717, 1.165) is 51.4 Å². The predicted octanol–water partition coefficient (Wildman–Crippen LogP) is 0.0477. The van der Waals surface area contributed by atoms with E-state index in [-0.39, 0.29) is 11.8 Å². The van der Waals surface area contributed by atoms with E-state index in [9.17, 15) is 4.79 Å². The standard InChI is InChI=1S/C17H24N8O/c1-22-7-9-23(10-8-22)17(26)14-3-2-6-24(11-14)15-4-5-16(21-20-15)25-13-18-12-19-25/h4-5,12-14H,2-3,6-11H2,1H3. The third-order valence-electron chi connectivity index (χ3n) is 5.20. The molecule has 0 saturated carbocycles. The minimum absolute atomic E-state index is 0.0453. The Bertz CT molecular complexity index is 724. The number of hydrogen-bond acceptors (Lipinski definition) is 7. The number of carbonyl (C=O) groups is 1. The lowest BCUT2D eigenvalue weighted by Gasteiger charge is -2.38. The normalized spacial score (nSPS) is 21.8. The Morgan fingerprint density at radius 3 is 2.54 bits per heavy atom. The summed E-state index contributed by atoms with van der Waals surface area (Å²) < 4.78 is 1.58. The first-order chi connectivity index (χ1) is 12.7. The second-order valence-electron chi connectivity index (χ2n) is 7.00. The number of likely N-dealkylation sites (N-methyl/N-ethyl adjacent to an activating group) is 1. The van der Waals surface area contributed by atoms with Crippen LogP contribution in [0.2, 0.25) is 0 Å². The van der Waals surface area contributed by atoms with Crippen molar-refractivity contribution in [2.75, 3.05) is 51.2 Å². The van der Waals surface area contributed by atoms with Crippen molar-refractivity contribution >= 4 is 11.7 Å². The fraction of sp³-hybridized carbons (Fsp3) is 0.588. The van der Waals surface area contributed by atoms with Gasteiger partial charge in [-0.1, -0.05) is 0 Å². The zero-order valence-corrected chi connectivity index (χ0v) is 15.0. The molecule has 0 radical (unpaired) electrons. The lowest BCUT2D eigenvalue weighted by atomic mass is 9.96. The van der Waals surface area contributed by atoms with Gasteiger partial charge in [-0.15, -0.1) is 10.2 Å². The van der Waals surface area contributed by atoms with Crippen LogP contribution in [0.5, 0.6) is 0 Å².